The number of rotatable bonds is 17. The van der Waals surface area contributed by atoms with Crippen molar-refractivity contribution in [3.8, 4) is 5.75 Å². The third-order valence-electron chi connectivity index (χ3n) is 5.47. The quantitative estimate of drug-likeness (QED) is 0.0600. The molecule has 0 aliphatic heterocycles. The number of halogens is 1. The zero-order valence-corrected chi connectivity index (χ0v) is 23.2. The molecule has 0 bridgehead atoms. The van der Waals surface area contributed by atoms with Crippen molar-refractivity contribution < 1.29 is 26.6 Å². The van der Waals surface area contributed by atoms with Gasteiger partial charge in [0.05, 0.1) is 0 Å². The molecule has 32 heavy (non-hydrogen) atoms. The molecule has 2 aromatic rings. The van der Waals surface area contributed by atoms with Gasteiger partial charge in [0.25, 0.3) is 0 Å². The summed E-state index contributed by atoms with van der Waals surface area (Å²) in [5.41, 5.74) is 0. The van der Waals surface area contributed by atoms with Gasteiger partial charge in [0, 0.05) is 29.2 Å². The number of hydrogen-bond acceptors (Lipinski definition) is 2. The summed E-state index contributed by atoms with van der Waals surface area (Å²) in [6, 6.07) is 15.6. The number of carbonyl (C=O) groups excluding carboxylic acids is 1. The second-order valence-corrected chi connectivity index (χ2v) is 9.64. The van der Waals surface area contributed by atoms with Crippen LogP contribution in [0.15, 0.2) is 48.5 Å². The van der Waals surface area contributed by atoms with Crippen LogP contribution < -0.4 is 4.74 Å². The summed E-state index contributed by atoms with van der Waals surface area (Å²) >= 11 is 2.28. The van der Waals surface area contributed by atoms with Gasteiger partial charge in [-0.15, -0.1) is 12.1 Å². The zero-order chi connectivity index (χ0) is 22.4. The van der Waals surface area contributed by atoms with Gasteiger partial charge >= 0.3 is 0 Å². The maximum absolute atomic E-state index is 11.6. The third-order valence-corrected chi connectivity index (χ3v) is 6.19. The molecule has 0 aliphatic rings. The Kier molecular flexibility index (Phi) is 23.1. The minimum atomic E-state index is -0.0964. The first-order valence-corrected chi connectivity index (χ1v) is 13.6. The Labute approximate surface area is 221 Å². The molecule has 2 aromatic carbocycles. The second kappa shape index (κ2) is 23.6. The van der Waals surface area contributed by atoms with Gasteiger partial charge in [-0.3, -0.25) is 0 Å². The molecule has 0 radical (unpaired) electrons. The van der Waals surface area contributed by atoms with Crippen LogP contribution in [0, 0.1) is 3.57 Å². The van der Waals surface area contributed by atoms with E-state index in [1.807, 2.05) is 36.4 Å². The Bertz CT molecular complexity index is 607. The summed E-state index contributed by atoms with van der Waals surface area (Å²) in [6.07, 6.45) is 20.7. The number of esters is 1. The predicted molar refractivity (Wildman–Crippen MR) is 142 cm³/mol. The monoisotopic (exact) mass is 594 g/mol. The van der Waals surface area contributed by atoms with E-state index in [4.69, 9.17) is 4.74 Å². The Morgan fingerprint density at radius 3 is 1.53 bits per heavy atom. The van der Waals surface area contributed by atoms with Crippen molar-refractivity contribution >= 4 is 28.6 Å². The zero-order valence-electron chi connectivity index (χ0n) is 20.0. The summed E-state index contributed by atoms with van der Waals surface area (Å²) in [7, 11) is 0. The SMILES string of the molecule is CCCCCCCCCCCCCCCCCC(=O)O[c-]1cccc1.I[c-]1[cH-][cH-][cH-][cH-]1.[Fe]. The van der Waals surface area contributed by atoms with Crippen LogP contribution in [0.3, 0.4) is 0 Å². The van der Waals surface area contributed by atoms with Crippen molar-refractivity contribution in [3.63, 3.8) is 0 Å². The molecule has 0 amide bonds. The summed E-state index contributed by atoms with van der Waals surface area (Å²) in [4.78, 5) is 11.6. The predicted octanol–water partition coefficient (Wildman–Crippen LogP) is 9.58. The molecule has 0 unspecified atom stereocenters. The van der Waals surface area contributed by atoms with Crippen LogP contribution in [0.1, 0.15) is 110 Å². The third kappa shape index (κ3) is 20.1. The van der Waals surface area contributed by atoms with Crippen molar-refractivity contribution in [1.82, 2.24) is 0 Å². The normalized spacial score (nSPS) is 10.2. The van der Waals surface area contributed by atoms with E-state index in [-0.39, 0.29) is 23.0 Å². The Hall–Kier alpha value is -0.581. The topological polar surface area (TPSA) is 26.3 Å². The van der Waals surface area contributed by atoms with Gasteiger partial charge in [0.2, 0.25) is 5.97 Å². The van der Waals surface area contributed by atoms with Gasteiger partial charge in [0.1, 0.15) is 0 Å². The minimum absolute atomic E-state index is 0. The van der Waals surface area contributed by atoms with Gasteiger partial charge in [-0.1, -0.05) is 103 Å². The van der Waals surface area contributed by atoms with Crippen molar-refractivity contribution in [2.45, 2.75) is 110 Å². The Morgan fingerprint density at radius 2 is 1.16 bits per heavy atom. The van der Waals surface area contributed by atoms with E-state index >= 15 is 0 Å². The molecule has 2 nitrogen and oxygen atoms in total. The fourth-order valence-corrected chi connectivity index (χ4v) is 4.01. The molecular weight excluding hydrogens is 551 g/mol. The summed E-state index contributed by atoms with van der Waals surface area (Å²) < 4.78 is 6.55. The average Bonchev–Trinajstić information content (AvgIpc) is 3.45. The summed E-state index contributed by atoms with van der Waals surface area (Å²) in [6.45, 7) is 2.28. The number of unbranched alkanes of at least 4 members (excludes halogenated alkanes) is 14. The molecule has 0 aromatic heterocycles. The van der Waals surface area contributed by atoms with Gasteiger partial charge in [0.15, 0.2) is 0 Å². The number of ether oxygens (including phenoxy) is 1. The largest absolute Gasteiger partial charge is 0.747 e. The fraction of sp³-hybridized carbons (Fsp3) is 0.607. The van der Waals surface area contributed by atoms with Crippen LogP contribution in [0.25, 0.3) is 0 Å². The van der Waals surface area contributed by atoms with E-state index in [1.54, 1.807) is 0 Å². The first kappa shape index (κ1) is 31.4. The van der Waals surface area contributed by atoms with Crippen LogP contribution >= 0.6 is 22.6 Å². The fourth-order valence-electron chi connectivity index (χ4n) is 3.60. The second-order valence-electron chi connectivity index (χ2n) is 8.40. The Morgan fingerprint density at radius 1 is 0.750 bits per heavy atom. The van der Waals surface area contributed by atoms with Gasteiger partial charge in [-0.05, 0) is 0 Å². The van der Waals surface area contributed by atoms with Crippen molar-refractivity contribution in [2.75, 3.05) is 0 Å². The van der Waals surface area contributed by atoms with Crippen molar-refractivity contribution in [1.29, 1.82) is 0 Å². The van der Waals surface area contributed by atoms with Crippen LogP contribution in [0.5, 0.6) is 5.75 Å². The summed E-state index contributed by atoms with van der Waals surface area (Å²) in [5.74, 6) is 0.576. The molecular formula is C28H43FeIO2-6. The van der Waals surface area contributed by atoms with Gasteiger partial charge in [-0.2, -0.15) is 12.1 Å². The molecule has 188 valence electrons. The molecule has 0 heterocycles. The van der Waals surface area contributed by atoms with E-state index in [0.29, 0.717) is 12.2 Å². The molecule has 0 N–H and O–H groups in total. The molecule has 0 saturated carbocycles. The van der Waals surface area contributed by atoms with E-state index in [1.165, 1.54) is 87.0 Å². The van der Waals surface area contributed by atoms with Crippen LogP contribution in [-0.2, 0) is 21.9 Å². The van der Waals surface area contributed by atoms with Gasteiger partial charge in [-0.25, -0.2) is 0 Å². The van der Waals surface area contributed by atoms with Crippen LogP contribution in [-0.4, -0.2) is 5.97 Å². The average molecular weight is 594 g/mol. The Balaban J connectivity index is 0.00000118. The van der Waals surface area contributed by atoms with E-state index < -0.39 is 0 Å². The molecule has 0 fully saturated rings. The minimum Gasteiger partial charge on any atom is -0.747 e. The first-order chi connectivity index (χ1) is 15.2. The van der Waals surface area contributed by atoms with E-state index in [2.05, 4.69) is 41.6 Å². The molecule has 0 spiro atoms. The van der Waals surface area contributed by atoms with Crippen LogP contribution in [0.4, 0.5) is 0 Å². The number of hydrogen-bond donors (Lipinski definition) is 0. The maximum Gasteiger partial charge on any atom is 0.233 e. The van der Waals surface area contributed by atoms with Gasteiger partial charge < -0.3 is 60.0 Å². The molecule has 2 rings (SSSR count). The standard InChI is InChI=1S/C23H39O2.C5H4I.Fe/c1-2-3-4-5-6-7-8-9-10-11-12-13-14-15-16-21-23(24)25-22-19-17-18-20-22;6-5-3-1-2-4-5;/h17-20H,2-16,21H2,1H3;1-4H;/q-1;-5;. The summed E-state index contributed by atoms with van der Waals surface area (Å²) in [5, 5.41) is 0. The molecule has 0 aliphatic carbocycles. The van der Waals surface area contributed by atoms with E-state index in [9.17, 15) is 4.79 Å². The van der Waals surface area contributed by atoms with E-state index in [0.717, 1.165) is 12.8 Å². The smallest absolute Gasteiger partial charge is 0.233 e. The molecule has 0 saturated heterocycles. The van der Waals surface area contributed by atoms with Crippen LogP contribution in [0.2, 0.25) is 0 Å². The maximum atomic E-state index is 11.6. The van der Waals surface area contributed by atoms with Crippen molar-refractivity contribution in [3.05, 3.63) is 52.1 Å². The molecule has 4 heteroatoms. The first-order valence-electron chi connectivity index (χ1n) is 12.5. The number of carbonyl (C=O) groups is 1. The molecule has 0 atom stereocenters. The van der Waals surface area contributed by atoms with Crippen molar-refractivity contribution in [2.24, 2.45) is 0 Å².